The number of hydrogen-bond acceptors (Lipinski definition) is 11. The summed E-state index contributed by atoms with van der Waals surface area (Å²) in [5.41, 5.74) is 0.845. The number of rotatable bonds is 7. The summed E-state index contributed by atoms with van der Waals surface area (Å²) in [5.74, 6) is -10.2. The molecular formula is C29H38N4O9. The molecule has 5 unspecified atom stereocenters. The van der Waals surface area contributed by atoms with Gasteiger partial charge in [0.2, 0.25) is 11.7 Å². The zero-order valence-electron chi connectivity index (χ0n) is 24.4. The second-order valence-corrected chi connectivity index (χ2v) is 11.7. The van der Waals surface area contributed by atoms with Crippen LogP contribution in [-0.2, 0) is 14.4 Å². The number of aliphatic hydroxyl groups excluding tert-OH is 3. The van der Waals surface area contributed by atoms with Gasteiger partial charge in [-0.1, -0.05) is 26.3 Å². The number of nitrogens with zero attached hydrogens (tertiary/aromatic N) is 2. The molecule has 0 radical (unpaired) electrons. The molecule has 2 amide bonds. The lowest BCUT2D eigenvalue weighted by atomic mass is 9.55. The molecule has 0 bridgehead atoms. The largest absolute Gasteiger partial charge is 0.510 e. The summed E-state index contributed by atoms with van der Waals surface area (Å²) >= 11 is 0. The van der Waals surface area contributed by atoms with Gasteiger partial charge in [-0.2, -0.15) is 0 Å². The van der Waals surface area contributed by atoms with E-state index in [4.69, 9.17) is 5.73 Å². The van der Waals surface area contributed by atoms with Gasteiger partial charge in [-0.15, -0.1) is 0 Å². The third kappa shape index (κ3) is 4.30. The number of nitrogens with two attached hydrogens (primary N) is 1. The van der Waals surface area contributed by atoms with Crippen LogP contribution in [0.15, 0.2) is 34.8 Å². The molecule has 13 nitrogen and oxygen atoms in total. The molecule has 0 aromatic heterocycles. The molecule has 8 N–H and O–H groups in total. The van der Waals surface area contributed by atoms with Gasteiger partial charge in [0.25, 0.3) is 5.91 Å². The molecule has 228 valence electrons. The highest BCUT2D eigenvalue weighted by molar-refractivity contribution is 6.25. The first kappa shape index (κ1) is 31.2. The fourth-order valence-corrected chi connectivity index (χ4v) is 6.84. The number of fused-ring (bicyclic) bond motifs is 3. The molecule has 0 fully saturated rings. The number of phenols is 1. The number of phenolic OH excluding ortho intramolecular Hbond substituents is 1. The Kier molecular flexibility index (Phi) is 8.02. The third-order valence-corrected chi connectivity index (χ3v) is 8.88. The van der Waals surface area contributed by atoms with Gasteiger partial charge in [0.15, 0.2) is 17.1 Å². The van der Waals surface area contributed by atoms with E-state index in [2.05, 4.69) is 5.32 Å². The highest BCUT2D eigenvalue weighted by atomic mass is 16.4. The van der Waals surface area contributed by atoms with Crippen LogP contribution in [0.5, 0.6) is 5.75 Å². The summed E-state index contributed by atoms with van der Waals surface area (Å²) < 4.78 is 0. The number of benzene rings is 1. The Morgan fingerprint density at radius 3 is 2.26 bits per heavy atom. The van der Waals surface area contributed by atoms with Crippen LogP contribution in [0.2, 0.25) is 0 Å². The van der Waals surface area contributed by atoms with Crippen molar-refractivity contribution < 1.29 is 44.7 Å². The summed E-state index contributed by atoms with van der Waals surface area (Å²) in [6, 6.07) is 1.12. The quantitative estimate of drug-likeness (QED) is 0.171. The van der Waals surface area contributed by atoms with Gasteiger partial charge in [0, 0.05) is 11.5 Å². The first-order valence-corrected chi connectivity index (χ1v) is 13.7. The highest BCUT2D eigenvalue weighted by Crippen LogP contribution is 2.56. The normalized spacial score (nSPS) is 29.8. The van der Waals surface area contributed by atoms with Gasteiger partial charge in [-0.25, -0.2) is 0 Å². The lowest BCUT2D eigenvalue weighted by Crippen LogP contribution is -2.68. The Balaban J connectivity index is 1.90. The second-order valence-electron chi connectivity index (χ2n) is 11.7. The van der Waals surface area contributed by atoms with Crippen molar-refractivity contribution in [1.29, 1.82) is 0 Å². The van der Waals surface area contributed by atoms with Crippen LogP contribution in [0.25, 0.3) is 0 Å². The van der Waals surface area contributed by atoms with Crippen LogP contribution in [0.4, 0.5) is 5.69 Å². The van der Waals surface area contributed by atoms with E-state index >= 15 is 0 Å². The summed E-state index contributed by atoms with van der Waals surface area (Å²) in [6.45, 7) is 3.56. The topological polar surface area (TPSA) is 214 Å². The number of carbonyl (C=O) groups excluding carboxylic acids is 4. The first-order valence-electron chi connectivity index (χ1n) is 13.7. The average Bonchev–Trinajstić information content (AvgIpc) is 2.89. The maximum absolute atomic E-state index is 14.0. The maximum Gasteiger partial charge on any atom is 0.255 e. The first-order chi connectivity index (χ1) is 19.5. The van der Waals surface area contributed by atoms with Gasteiger partial charge in [-0.3, -0.25) is 29.0 Å². The maximum atomic E-state index is 14.0. The number of nitrogens with one attached hydrogen (secondary N) is 1. The van der Waals surface area contributed by atoms with E-state index in [1.165, 1.54) is 31.1 Å². The zero-order chi connectivity index (χ0) is 31.6. The number of aliphatic hydroxyl groups is 4. The molecule has 0 heterocycles. The predicted octanol–water partition coefficient (Wildman–Crippen LogP) is 0.321. The number of anilines is 1. The number of carbonyl (C=O) groups is 4. The number of likely N-dealkylation sites (N-methyl/N-ethyl adjacent to an activating group) is 2. The van der Waals surface area contributed by atoms with Crippen molar-refractivity contribution in [3.63, 3.8) is 0 Å². The van der Waals surface area contributed by atoms with E-state index < -0.39 is 93.3 Å². The summed E-state index contributed by atoms with van der Waals surface area (Å²) in [4.78, 5) is 55.7. The fourth-order valence-electron chi connectivity index (χ4n) is 6.84. The Hall–Kier alpha value is -3.78. The molecule has 7 atom stereocenters. The Morgan fingerprint density at radius 2 is 1.74 bits per heavy atom. The zero-order valence-corrected chi connectivity index (χ0v) is 24.4. The molecule has 1 aromatic carbocycles. The highest BCUT2D eigenvalue weighted by Gasteiger charge is 2.67. The number of hydrogen-bond donors (Lipinski definition) is 7. The minimum Gasteiger partial charge on any atom is -0.510 e. The van der Waals surface area contributed by atoms with E-state index in [0.717, 1.165) is 6.42 Å². The van der Waals surface area contributed by atoms with Crippen LogP contribution < -0.4 is 11.1 Å². The second kappa shape index (κ2) is 10.8. The Labute approximate surface area is 242 Å². The van der Waals surface area contributed by atoms with E-state index in [1.54, 1.807) is 25.9 Å². The summed E-state index contributed by atoms with van der Waals surface area (Å²) in [7, 11) is 6.43. The van der Waals surface area contributed by atoms with Crippen molar-refractivity contribution in [2.75, 3.05) is 33.5 Å². The molecule has 0 aliphatic heterocycles. The Morgan fingerprint density at radius 1 is 1.12 bits per heavy atom. The monoisotopic (exact) mass is 586 g/mol. The van der Waals surface area contributed by atoms with Crippen molar-refractivity contribution in [3.8, 4) is 5.75 Å². The van der Waals surface area contributed by atoms with Gasteiger partial charge in [0.05, 0.1) is 35.4 Å². The summed E-state index contributed by atoms with van der Waals surface area (Å²) in [6.07, 6.45) is -0.418. The standard InChI is InChI=1S/C29H38N4O9/c1-7-8-14(32(3)4)28(41)31-13-10-9-12-11(2)15-17(22(35)16(12)21(13)34)25(38)29(42)19(23(15)36)20(33(5)6)24(37)18(26(29)39)27(30)40/h9-11,14-15,19-20,23,34,36-38,42H,7-8H2,1-6H3,(H2,30,40)(H,31,41)/t11?,14?,15?,19?,20-,23?,29-/m0/s1. The average molecular weight is 587 g/mol. The molecule has 4 rings (SSSR count). The Bertz CT molecular complexity index is 1430. The number of aromatic hydroxyl groups is 1. The summed E-state index contributed by atoms with van der Waals surface area (Å²) in [5, 5.41) is 59.7. The van der Waals surface area contributed by atoms with Crippen molar-refractivity contribution >= 4 is 29.1 Å². The van der Waals surface area contributed by atoms with Gasteiger partial charge in [0.1, 0.15) is 17.1 Å². The van der Waals surface area contributed by atoms with Crippen LogP contribution in [-0.4, -0.2) is 111 Å². The number of ketones is 2. The van der Waals surface area contributed by atoms with Crippen LogP contribution in [0, 0.1) is 11.8 Å². The lowest BCUT2D eigenvalue weighted by molar-refractivity contribution is -0.162. The third-order valence-electron chi connectivity index (χ3n) is 8.88. The number of primary amides is 1. The molecule has 0 spiro atoms. The van der Waals surface area contributed by atoms with Gasteiger partial charge in [-0.05, 0) is 52.2 Å². The minimum absolute atomic E-state index is 0.0565. The SMILES string of the molecule is CCCC(C(=O)Nc1ccc2c(c1O)C(=O)C1=C(O)[C@]3(O)C(=O)C(C(N)=O)=C(O)[C@@H](N(C)C)C3C(O)C1C2C)N(C)C. The van der Waals surface area contributed by atoms with Crippen LogP contribution in [0.3, 0.4) is 0 Å². The molecule has 3 aliphatic rings. The number of Topliss-reactive ketones (excluding diaryl/α,β-unsaturated/α-hetero) is 2. The van der Waals surface area contributed by atoms with Crippen molar-refractivity contribution in [3.05, 3.63) is 45.9 Å². The minimum atomic E-state index is -3.00. The molecule has 42 heavy (non-hydrogen) atoms. The van der Waals surface area contributed by atoms with Gasteiger partial charge >= 0.3 is 0 Å². The predicted molar refractivity (Wildman–Crippen MR) is 151 cm³/mol. The lowest BCUT2D eigenvalue weighted by Gasteiger charge is -2.53. The van der Waals surface area contributed by atoms with Crippen molar-refractivity contribution in [2.24, 2.45) is 17.6 Å². The smallest absolute Gasteiger partial charge is 0.255 e. The molecule has 13 heteroatoms. The molecular weight excluding hydrogens is 548 g/mol. The fraction of sp³-hybridized carbons (Fsp3) is 0.517. The van der Waals surface area contributed by atoms with E-state index in [-0.39, 0.29) is 11.3 Å². The molecule has 3 aliphatic carbocycles. The van der Waals surface area contributed by atoms with Gasteiger partial charge < -0.3 is 36.6 Å². The van der Waals surface area contributed by atoms with Crippen molar-refractivity contribution in [1.82, 2.24) is 9.80 Å². The molecule has 0 saturated heterocycles. The van der Waals surface area contributed by atoms with E-state index in [9.17, 15) is 44.7 Å². The van der Waals surface area contributed by atoms with E-state index in [1.807, 2.05) is 6.92 Å². The molecule has 1 aromatic rings. The number of amides is 2. The van der Waals surface area contributed by atoms with E-state index in [0.29, 0.717) is 12.0 Å². The van der Waals surface area contributed by atoms with Crippen molar-refractivity contribution in [2.45, 2.75) is 56.4 Å². The van der Waals surface area contributed by atoms with Crippen LogP contribution in [0.1, 0.15) is 48.5 Å². The van der Waals surface area contributed by atoms with Crippen LogP contribution >= 0.6 is 0 Å². The molecule has 0 saturated carbocycles.